The van der Waals surface area contributed by atoms with Crippen LogP contribution in [0.25, 0.3) is 0 Å². The van der Waals surface area contributed by atoms with E-state index in [0.717, 1.165) is 6.42 Å². The highest BCUT2D eigenvalue weighted by Gasteiger charge is 2.03. The predicted molar refractivity (Wildman–Crippen MR) is 75.1 cm³/mol. The van der Waals surface area contributed by atoms with Crippen LogP contribution in [0.5, 0.6) is 0 Å². The van der Waals surface area contributed by atoms with Crippen LogP contribution in [0.3, 0.4) is 0 Å². The van der Waals surface area contributed by atoms with Crippen molar-refractivity contribution in [2.75, 3.05) is 18.4 Å². The second-order valence-corrected chi connectivity index (χ2v) is 5.37. The molecule has 3 nitrogen and oxygen atoms in total. The molecule has 0 aromatic heterocycles. The minimum Gasteiger partial charge on any atom is -0.376 e. The van der Waals surface area contributed by atoms with E-state index in [1.54, 1.807) is 12.1 Å². The average Bonchev–Trinajstić information content (AvgIpc) is 2.30. The van der Waals surface area contributed by atoms with Gasteiger partial charge in [0.15, 0.2) is 0 Å². The number of amides is 1. The lowest BCUT2D eigenvalue weighted by Gasteiger charge is -2.09. The van der Waals surface area contributed by atoms with Gasteiger partial charge in [-0.05, 0) is 46.5 Å². The number of hydrogen-bond acceptors (Lipinski definition) is 2. The summed E-state index contributed by atoms with van der Waals surface area (Å²) < 4.78 is 13.6. The summed E-state index contributed by atoms with van der Waals surface area (Å²) in [5.41, 5.74) is 0.592. The van der Waals surface area contributed by atoms with Crippen LogP contribution in [0.15, 0.2) is 22.7 Å². The van der Waals surface area contributed by atoms with E-state index >= 15 is 0 Å². The molecule has 0 radical (unpaired) electrons. The Morgan fingerprint density at radius 2 is 2.17 bits per heavy atom. The minimum absolute atomic E-state index is 0.0843. The van der Waals surface area contributed by atoms with Crippen LogP contribution < -0.4 is 10.6 Å². The number of carbonyl (C=O) groups is 1. The summed E-state index contributed by atoms with van der Waals surface area (Å²) in [4.78, 5) is 11.5. The van der Waals surface area contributed by atoms with E-state index in [9.17, 15) is 9.18 Å². The maximum atomic E-state index is 13.2. The van der Waals surface area contributed by atoms with Crippen molar-refractivity contribution in [1.29, 1.82) is 0 Å². The Kier molecular flexibility index (Phi) is 6.12. The highest BCUT2D eigenvalue weighted by molar-refractivity contribution is 9.10. The number of hydrogen-bond donors (Lipinski definition) is 2. The quantitative estimate of drug-likeness (QED) is 0.846. The fourth-order valence-electron chi connectivity index (χ4n) is 1.35. The molecule has 0 saturated carbocycles. The standard InChI is InChI=1S/C13H18BrFN2O/c1-9(2)5-6-16-13(18)8-17-10-3-4-11(14)12(15)7-10/h3-4,7,9,17H,5-6,8H2,1-2H3,(H,16,18). The van der Waals surface area contributed by atoms with Crippen molar-refractivity contribution >= 4 is 27.5 Å². The lowest BCUT2D eigenvalue weighted by molar-refractivity contribution is -0.119. The van der Waals surface area contributed by atoms with E-state index in [0.29, 0.717) is 22.6 Å². The molecule has 0 atom stereocenters. The summed E-state index contributed by atoms with van der Waals surface area (Å²) in [6.07, 6.45) is 0.957. The molecule has 0 bridgehead atoms. The van der Waals surface area contributed by atoms with Crippen LogP contribution in [0, 0.1) is 11.7 Å². The fraction of sp³-hybridized carbons (Fsp3) is 0.462. The molecule has 0 heterocycles. The molecule has 0 fully saturated rings. The van der Waals surface area contributed by atoms with E-state index in [1.807, 2.05) is 0 Å². The van der Waals surface area contributed by atoms with Crippen LogP contribution in [0.2, 0.25) is 0 Å². The monoisotopic (exact) mass is 316 g/mol. The third kappa shape index (κ3) is 5.49. The van der Waals surface area contributed by atoms with Crippen molar-refractivity contribution in [2.24, 2.45) is 5.92 Å². The molecule has 1 aromatic carbocycles. The first-order valence-corrected chi connectivity index (χ1v) is 6.74. The van der Waals surface area contributed by atoms with Crippen LogP contribution in [-0.2, 0) is 4.79 Å². The number of carbonyl (C=O) groups excluding carboxylic acids is 1. The molecule has 0 unspecified atom stereocenters. The Balaban J connectivity index is 2.31. The zero-order valence-electron chi connectivity index (χ0n) is 10.6. The van der Waals surface area contributed by atoms with Crippen molar-refractivity contribution < 1.29 is 9.18 Å². The molecule has 18 heavy (non-hydrogen) atoms. The molecule has 100 valence electrons. The third-order valence-corrected chi connectivity index (χ3v) is 3.06. The summed E-state index contributed by atoms with van der Waals surface area (Å²) >= 11 is 3.08. The van der Waals surface area contributed by atoms with Crippen molar-refractivity contribution in [1.82, 2.24) is 5.32 Å². The maximum absolute atomic E-state index is 13.2. The summed E-state index contributed by atoms with van der Waals surface area (Å²) in [5, 5.41) is 5.68. The molecule has 5 heteroatoms. The Hall–Kier alpha value is -1.10. The van der Waals surface area contributed by atoms with Gasteiger partial charge in [0.05, 0.1) is 11.0 Å². The van der Waals surface area contributed by atoms with Gasteiger partial charge in [0, 0.05) is 12.2 Å². The molecule has 0 aliphatic heterocycles. The maximum Gasteiger partial charge on any atom is 0.239 e. The van der Waals surface area contributed by atoms with E-state index in [1.165, 1.54) is 6.07 Å². The van der Waals surface area contributed by atoms with Gasteiger partial charge in [-0.15, -0.1) is 0 Å². The van der Waals surface area contributed by atoms with Gasteiger partial charge < -0.3 is 10.6 Å². The molecular formula is C13H18BrFN2O. The number of benzene rings is 1. The Bertz CT molecular complexity index is 410. The molecule has 0 aliphatic rings. The van der Waals surface area contributed by atoms with Crippen LogP contribution in [-0.4, -0.2) is 19.0 Å². The minimum atomic E-state index is -0.347. The summed E-state index contributed by atoms with van der Waals surface area (Å²) in [6.45, 7) is 5.04. The highest BCUT2D eigenvalue weighted by atomic mass is 79.9. The van der Waals surface area contributed by atoms with Gasteiger partial charge >= 0.3 is 0 Å². The topological polar surface area (TPSA) is 41.1 Å². The SMILES string of the molecule is CC(C)CCNC(=O)CNc1ccc(Br)c(F)c1. The van der Waals surface area contributed by atoms with E-state index in [4.69, 9.17) is 0 Å². The lowest BCUT2D eigenvalue weighted by atomic mass is 10.1. The molecule has 1 rings (SSSR count). The molecule has 1 aromatic rings. The zero-order chi connectivity index (χ0) is 13.5. The van der Waals surface area contributed by atoms with Crippen molar-refractivity contribution in [3.8, 4) is 0 Å². The first-order chi connectivity index (χ1) is 8.49. The second-order valence-electron chi connectivity index (χ2n) is 4.51. The molecule has 0 aliphatic carbocycles. The largest absolute Gasteiger partial charge is 0.376 e. The summed E-state index contributed by atoms with van der Waals surface area (Å²) in [6, 6.07) is 4.67. The Morgan fingerprint density at radius 1 is 1.44 bits per heavy atom. The first-order valence-electron chi connectivity index (χ1n) is 5.94. The third-order valence-electron chi connectivity index (χ3n) is 2.42. The van der Waals surface area contributed by atoms with Gasteiger partial charge in [-0.25, -0.2) is 4.39 Å². The van der Waals surface area contributed by atoms with Crippen LogP contribution in [0.4, 0.5) is 10.1 Å². The van der Waals surface area contributed by atoms with Gasteiger partial charge in [-0.1, -0.05) is 13.8 Å². The molecular weight excluding hydrogens is 299 g/mol. The fourth-order valence-corrected chi connectivity index (χ4v) is 1.60. The summed E-state index contributed by atoms with van der Waals surface area (Å²) in [5.74, 6) is 0.137. The van der Waals surface area contributed by atoms with Crippen molar-refractivity contribution in [2.45, 2.75) is 20.3 Å². The average molecular weight is 317 g/mol. The normalized spacial score (nSPS) is 10.5. The zero-order valence-corrected chi connectivity index (χ0v) is 12.2. The second kappa shape index (κ2) is 7.36. The number of anilines is 1. The van der Waals surface area contributed by atoms with Crippen molar-refractivity contribution in [3.63, 3.8) is 0 Å². The summed E-state index contributed by atoms with van der Waals surface area (Å²) in [7, 11) is 0. The van der Waals surface area contributed by atoms with Gasteiger partial charge in [0.1, 0.15) is 5.82 Å². The van der Waals surface area contributed by atoms with E-state index in [-0.39, 0.29) is 18.3 Å². The molecule has 0 spiro atoms. The Morgan fingerprint density at radius 3 is 2.78 bits per heavy atom. The molecule has 2 N–H and O–H groups in total. The molecule has 1 amide bonds. The Labute approximate surface area is 115 Å². The van der Waals surface area contributed by atoms with Gasteiger partial charge in [0.2, 0.25) is 5.91 Å². The number of halogens is 2. The predicted octanol–water partition coefficient (Wildman–Crippen LogP) is 3.16. The number of nitrogens with one attached hydrogen (secondary N) is 2. The lowest BCUT2D eigenvalue weighted by Crippen LogP contribution is -2.31. The van der Waals surface area contributed by atoms with Crippen LogP contribution >= 0.6 is 15.9 Å². The smallest absolute Gasteiger partial charge is 0.239 e. The van der Waals surface area contributed by atoms with Gasteiger partial charge in [-0.2, -0.15) is 0 Å². The van der Waals surface area contributed by atoms with E-state index in [2.05, 4.69) is 40.4 Å². The highest BCUT2D eigenvalue weighted by Crippen LogP contribution is 2.18. The van der Waals surface area contributed by atoms with E-state index < -0.39 is 0 Å². The van der Waals surface area contributed by atoms with Crippen molar-refractivity contribution in [3.05, 3.63) is 28.5 Å². The van der Waals surface area contributed by atoms with Gasteiger partial charge in [0.25, 0.3) is 0 Å². The molecule has 0 saturated heterocycles. The number of rotatable bonds is 6. The van der Waals surface area contributed by atoms with Gasteiger partial charge in [-0.3, -0.25) is 4.79 Å². The van der Waals surface area contributed by atoms with Crippen LogP contribution in [0.1, 0.15) is 20.3 Å². The first kappa shape index (κ1) is 15.0.